The van der Waals surface area contributed by atoms with Gasteiger partial charge in [-0.25, -0.2) is 0 Å². The van der Waals surface area contributed by atoms with Crippen molar-refractivity contribution < 1.29 is 14.6 Å². The van der Waals surface area contributed by atoms with Crippen molar-refractivity contribution in [2.45, 2.75) is 38.9 Å². The lowest BCUT2D eigenvalue weighted by Crippen LogP contribution is -2.40. The zero-order valence-corrected chi connectivity index (χ0v) is 8.82. The van der Waals surface area contributed by atoms with Crippen LogP contribution in [0.5, 0.6) is 0 Å². The van der Waals surface area contributed by atoms with Crippen LogP contribution >= 0.6 is 0 Å². The summed E-state index contributed by atoms with van der Waals surface area (Å²) in [6.07, 6.45) is 0.824. The molecule has 1 aliphatic rings. The predicted molar refractivity (Wildman–Crippen MR) is 52.8 cm³/mol. The summed E-state index contributed by atoms with van der Waals surface area (Å²) >= 11 is 0. The van der Waals surface area contributed by atoms with Crippen LogP contribution in [0.15, 0.2) is 0 Å². The zero-order valence-electron chi connectivity index (χ0n) is 8.82. The number of amides is 1. The van der Waals surface area contributed by atoms with Gasteiger partial charge in [-0.3, -0.25) is 4.79 Å². The third kappa shape index (κ3) is 2.96. The van der Waals surface area contributed by atoms with E-state index in [0.717, 1.165) is 6.42 Å². The maximum atomic E-state index is 11.5. The normalized spacial score (nSPS) is 28.8. The van der Waals surface area contributed by atoms with E-state index in [9.17, 15) is 9.90 Å². The molecule has 0 aliphatic carbocycles. The molecule has 1 aliphatic heterocycles. The lowest BCUT2D eigenvalue weighted by molar-refractivity contribution is -0.131. The van der Waals surface area contributed by atoms with Crippen molar-refractivity contribution >= 4 is 5.91 Å². The van der Waals surface area contributed by atoms with Crippen molar-refractivity contribution in [3.8, 4) is 0 Å². The molecule has 0 saturated carbocycles. The standard InChI is InChI=1S/C10H19NO3/c1-3-8(12)6-11-10(13)9-7(2)4-5-14-9/h7-9,12H,3-6H2,1-2H3,(H,11,13). The van der Waals surface area contributed by atoms with E-state index in [1.807, 2.05) is 13.8 Å². The van der Waals surface area contributed by atoms with Gasteiger partial charge < -0.3 is 15.2 Å². The molecule has 2 N–H and O–H groups in total. The van der Waals surface area contributed by atoms with Crippen molar-refractivity contribution in [3.63, 3.8) is 0 Å². The highest BCUT2D eigenvalue weighted by atomic mass is 16.5. The van der Waals surface area contributed by atoms with Crippen molar-refractivity contribution in [1.29, 1.82) is 0 Å². The molecule has 82 valence electrons. The first-order valence-corrected chi connectivity index (χ1v) is 5.22. The average molecular weight is 201 g/mol. The fourth-order valence-corrected chi connectivity index (χ4v) is 1.49. The summed E-state index contributed by atoms with van der Waals surface area (Å²) in [5.74, 6) is 0.191. The maximum absolute atomic E-state index is 11.5. The van der Waals surface area contributed by atoms with Crippen LogP contribution in [-0.4, -0.2) is 36.4 Å². The van der Waals surface area contributed by atoms with Crippen LogP contribution in [0, 0.1) is 5.92 Å². The number of hydrogen-bond donors (Lipinski definition) is 2. The van der Waals surface area contributed by atoms with Gasteiger partial charge in [-0.05, 0) is 18.8 Å². The van der Waals surface area contributed by atoms with Gasteiger partial charge in [-0.1, -0.05) is 13.8 Å². The summed E-state index contributed by atoms with van der Waals surface area (Å²) in [5, 5.41) is 12.0. The molecule has 0 aromatic heterocycles. The Hall–Kier alpha value is -0.610. The molecule has 14 heavy (non-hydrogen) atoms. The van der Waals surface area contributed by atoms with Gasteiger partial charge in [0.15, 0.2) is 0 Å². The summed E-state index contributed by atoms with van der Waals surface area (Å²) < 4.78 is 5.30. The first kappa shape index (κ1) is 11.5. The number of aliphatic hydroxyl groups excluding tert-OH is 1. The second-order valence-electron chi connectivity index (χ2n) is 3.86. The monoisotopic (exact) mass is 201 g/mol. The Morgan fingerprint density at radius 2 is 2.43 bits per heavy atom. The molecule has 3 unspecified atom stereocenters. The number of aliphatic hydroxyl groups is 1. The lowest BCUT2D eigenvalue weighted by Gasteiger charge is -2.15. The van der Waals surface area contributed by atoms with E-state index in [1.165, 1.54) is 0 Å². The molecule has 3 atom stereocenters. The molecule has 1 amide bonds. The van der Waals surface area contributed by atoms with Gasteiger partial charge in [0, 0.05) is 13.2 Å². The van der Waals surface area contributed by atoms with Crippen molar-refractivity contribution in [2.75, 3.05) is 13.2 Å². The van der Waals surface area contributed by atoms with Crippen LogP contribution in [-0.2, 0) is 9.53 Å². The predicted octanol–water partition coefficient (Wildman–Crippen LogP) is 0.298. The first-order valence-electron chi connectivity index (χ1n) is 5.22. The largest absolute Gasteiger partial charge is 0.391 e. The zero-order chi connectivity index (χ0) is 10.6. The Morgan fingerprint density at radius 1 is 1.71 bits per heavy atom. The van der Waals surface area contributed by atoms with Gasteiger partial charge in [-0.15, -0.1) is 0 Å². The Morgan fingerprint density at radius 3 is 2.93 bits per heavy atom. The average Bonchev–Trinajstić information content (AvgIpc) is 2.60. The van der Waals surface area contributed by atoms with E-state index >= 15 is 0 Å². The SMILES string of the molecule is CCC(O)CNC(=O)C1OCCC1C. The Labute approximate surface area is 84.6 Å². The van der Waals surface area contributed by atoms with E-state index in [1.54, 1.807) is 0 Å². The number of hydrogen-bond acceptors (Lipinski definition) is 3. The Balaban J connectivity index is 2.27. The van der Waals surface area contributed by atoms with E-state index < -0.39 is 6.10 Å². The molecular weight excluding hydrogens is 182 g/mol. The molecule has 1 fully saturated rings. The van der Waals surface area contributed by atoms with Gasteiger partial charge >= 0.3 is 0 Å². The topological polar surface area (TPSA) is 58.6 Å². The molecule has 0 spiro atoms. The summed E-state index contributed by atoms with van der Waals surface area (Å²) in [5.41, 5.74) is 0. The van der Waals surface area contributed by atoms with Crippen LogP contribution in [0.3, 0.4) is 0 Å². The molecule has 0 radical (unpaired) electrons. The number of carbonyl (C=O) groups is 1. The second kappa shape index (κ2) is 5.32. The van der Waals surface area contributed by atoms with Gasteiger partial charge in [0.05, 0.1) is 6.10 Å². The molecule has 0 aromatic rings. The minimum absolute atomic E-state index is 0.0949. The quantitative estimate of drug-likeness (QED) is 0.687. The number of carbonyl (C=O) groups excluding carboxylic acids is 1. The fourth-order valence-electron chi connectivity index (χ4n) is 1.49. The summed E-state index contributed by atoms with van der Waals surface area (Å²) in [6, 6.07) is 0. The minimum Gasteiger partial charge on any atom is -0.391 e. The number of nitrogens with one attached hydrogen (secondary N) is 1. The summed E-state index contributed by atoms with van der Waals surface area (Å²) in [4.78, 5) is 11.5. The Kier molecular flexibility index (Phi) is 4.35. The highest BCUT2D eigenvalue weighted by Gasteiger charge is 2.30. The van der Waals surface area contributed by atoms with Crippen LogP contribution in [0.1, 0.15) is 26.7 Å². The molecule has 0 bridgehead atoms. The third-order valence-electron chi connectivity index (χ3n) is 2.63. The van der Waals surface area contributed by atoms with Crippen molar-refractivity contribution in [1.82, 2.24) is 5.32 Å². The number of rotatable bonds is 4. The second-order valence-corrected chi connectivity index (χ2v) is 3.86. The molecular formula is C10H19NO3. The highest BCUT2D eigenvalue weighted by Crippen LogP contribution is 2.19. The van der Waals surface area contributed by atoms with Gasteiger partial charge in [-0.2, -0.15) is 0 Å². The molecule has 1 rings (SSSR count). The summed E-state index contributed by atoms with van der Waals surface area (Å²) in [6.45, 7) is 4.87. The van der Waals surface area contributed by atoms with Gasteiger partial charge in [0.25, 0.3) is 0 Å². The molecule has 4 heteroatoms. The first-order chi connectivity index (χ1) is 6.65. The van der Waals surface area contributed by atoms with Crippen LogP contribution < -0.4 is 5.32 Å². The van der Waals surface area contributed by atoms with E-state index in [2.05, 4.69) is 5.32 Å². The smallest absolute Gasteiger partial charge is 0.249 e. The van der Waals surface area contributed by atoms with Gasteiger partial charge in [0.1, 0.15) is 6.10 Å². The fraction of sp³-hybridized carbons (Fsp3) is 0.900. The minimum atomic E-state index is -0.448. The Bertz CT molecular complexity index is 196. The summed E-state index contributed by atoms with van der Waals surface area (Å²) in [7, 11) is 0. The van der Waals surface area contributed by atoms with Gasteiger partial charge in [0.2, 0.25) is 5.91 Å². The molecule has 1 saturated heterocycles. The lowest BCUT2D eigenvalue weighted by atomic mass is 10.0. The van der Waals surface area contributed by atoms with Crippen molar-refractivity contribution in [2.24, 2.45) is 5.92 Å². The van der Waals surface area contributed by atoms with E-state index in [4.69, 9.17) is 4.74 Å². The number of ether oxygens (including phenoxy) is 1. The van der Waals surface area contributed by atoms with E-state index in [0.29, 0.717) is 19.6 Å². The molecule has 4 nitrogen and oxygen atoms in total. The third-order valence-corrected chi connectivity index (χ3v) is 2.63. The molecule has 1 heterocycles. The van der Waals surface area contributed by atoms with Crippen LogP contribution in [0.25, 0.3) is 0 Å². The van der Waals surface area contributed by atoms with Crippen LogP contribution in [0.4, 0.5) is 0 Å². The molecule has 0 aromatic carbocycles. The van der Waals surface area contributed by atoms with E-state index in [-0.39, 0.29) is 17.9 Å². The highest BCUT2D eigenvalue weighted by molar-refractivity contribution is 5.81. The van der Waals surface area contributed by atoms with Crippen LogP contribution in [0.2, 0.25) is 0 Å². The maximum Gasteiger partial charge on any atom is 0.249 e. The van der Waals surface area contributed by atoms with Crippen molar-refractivity contribution in [3.05, 3.63) is 0 Å².